The van der Waals surface area contributed by atoms with Gasteiger partial charge in [0.15, 0.2) is 0 Å². The summed E-state index contributed by atoms with van der Waals surface area (Å²) >= 11 is 0. The lowest BCUT2D eigenvalue weighted by molar-refractivity contribution is -0.140. The third-order valence-corrected chi connectivity index (χ3v) is 4.68. The molecule has 0 radical (unpaired) electrons. The van der Waals surface area contributed by atoms with Gasteiger partial charge in [-0.05, 0) is 30.2 Å². The minimum atomic E-state index is -3.95. The van der Waals surface area contributed by atoms with E-state index in [4.69, 9.17) is 5.11 Å². The minimum Gasteiger partial charge on any atom is -0.480 e. The molecule has 0 aromatic heterocycles. The number of carbonyl (C=O) groups is 2. The highest BCUT2D eigenvalue weighted by Crippen LogP contribution is 2.18. The van der Waals surface area contributed by atoms with Gasteiger partial charge in [-0.15, -0.1) is 0 Å². The number of hydrogen-bond acceptors (Lipinski definition) is 4. The summed E-state index contributed by atoms with van der Waals surface area (Å²) in [5.41, 5.74) is 0.546. The van der Waals surface area contributed by atoms with Crippen LogP contribution in [0.1, 0.15) is 20.8 Å². The molecule has 1 atom stereocenters. The van der Waals surface area contributed by atoms with E-state index in [0.29, 0.717) is 5.69 Å². The third-order valence-electron chi connectivity index (χ3n) is 3.22. The number of nitrogens with zero attached hydrogens (tertiary/aromatic N) is 1. The van der Waals surface area contributed by atoms with Gasteiger partial charge in [-0.25, -0.2) is 8.42 Å². The van der Waals surface area contributed by atoms with Gasteiger partial charge >= 0.3 is 5.97 Å². The lowest BCUT2D eigenvalue weighted by Gasteiger charge is -2.19. The van der Waals surface area contributed by atoms with E-state index in [1.807, 2.05) is 0 Å². The summed E-state index contributed by atoms with van der Waals surface area (Å²) in [5.74, 6) is -1.80. The summed E-state index contributed by atoms with van der Waals surface area (Å²) in [7, 11) is -2.37. The number of carboxylic acid groups (broad SMARTS) is 1. The number of anilines is 1. The Morgan fingerprint density at radius 3 is 2.05 bits per heavy atom. The predicted molar refractivity (Wildman–Crippen MR) is 82.1 cm³/mol. The Kier molecular flexibility index (Phi) is 5.67. The molecule has 0 saturated heterocycles. The van der Waals surface area contributed by atoms with E-state index in [2.05, 4.69) is 4.72 Å². The molecule has 0 saturated carbocycles. The van der Waals surface area contributed by atoms with E-state index in [-0.39, 0.29) is 10.8 Å². The second kappa shape index (κ2) is 6.89. The molecular formula is C14H20N2O5S. The highest BCUT2D eigenvalue weighted by Gasteiger charge is 2.28. The van der Waals surface area contributed by atoms with Gasteiger partial charge in [0.2, 0.25) is 15.9 Å². The van der Waals surface area contributed by atoms with Gasteiger partial charge in [0.05, 0.1) is 4.90 Å². The maximum Gasteiger partial charge on any atom is 0.322 e. The average molecular weight is 328 g/mol. The molecule has 1 aromatic carbocycles. The Labute approximate surface area is 130 Å². The van der Waals surface area contributed by atoms with Gasteiger partial charge < -0.3 is 10.0 Å². The van der Waals surface area contributed by atoms with Crippen LogP contribution >= 0.6 is 0 Å². The summed E-state index contributed by atoms with van der Waals surface area (Å²) in [6.45, 7) is 4.63. The number of hydrogen-bond donors (Lipinski definition) is 2. The number of aliphatic carboxylic acids is 1. The van der Waals surface area contributed by atoms with Crippen molar-refractivity contribution in [3.8, 4) is 0 Å². The Hall–Kier alpha value is -1.93. The standard InChI is InChI=1S/C14H20N2O5S/c1-9(2)13(14(18)19)15-22(20,21)12-7-5-11(6-8-12)16(4)10(3)17/h5-9,13,15H,1-4H3,(H,18,19). The number of benzene rings is 1. The number of nitrogens with one attached hydrogen (secondary N) is 1. The number of amides is 1. The van der Waals surface area contributed by atoms with Crippen molar-refractivity contribution < 1.29 is 23.1 Å². The second-order valence-corrected chi connectivity index (χ2v) is 6.97. The van der Waals surface area contributed by atoms with Gasteiger partial charge in [-0.3, -0.25) is 9.59 Å². The zero-order valence-corrected chi connectivity index (χ0v) is 13.7. The SMILES string of the molecule is CC(=O)N(C)c1ccc(S(=O)(=O)NC(C(=O)O)C(C)C)cc1. The lowest BCUT2D eigenvalue weighted by Crippen LogP contribution is -2.44. The van der Waals surface area contributed by atoms with Crippen molar-refractivity contribution in [2.75, 3.05) is 11.9 Å². The van der Waals surface area contributed by atoms with Gasteiger partial charge in [0.1, 0.15) is 6.04 Å². The Balaban J connectivity index is 3.04. The maximum absolute atomic E-state index is 12.2. The van der Waals surface area contributed by atoms with Crippen molar-refractivity contribution in [1.29, 1.82) is 0 Å². The third kappa shape index (κ3) is 4.28. The van der Waals surface area contributed by atoms with Crippen molar-refractivity contribution in [3.05, 3.63) is 24.3 Å². The molecule has 0 fully saturated rings. The van der Waals surface area contributed by atoms with Crippen LogP contribution in [0.25, 0.3) is 0 Å². The summed E-state index contributed by atoms with van der Waals surface area (Å²) in [6.07, 6.45) is 0. The molecule has 122 valence electrons. The molecule has 7 nitrogen and oxygen atoms in total. The fourth-order valence-corrected chi connectivity index (χ4v) is 3.08. The number of carbonyl (C=O) groups excluding carboxylic acids is 1. The summed E-state index contributed by atoms with van der Waals surface area (Å²) in [4.78, 5) is 23.7. The minimum absolute atomic E-state index is 0.0555. The first-order chi connectivity index (χ1) is 10.1. The lowest BCUT2D eigenvalue weighted by atomic mass is 10.1. The average Bonchev–Trinajstić information content (AvgIpc) is 2.43. The molecular weight excluding hydrogens is 308 g/mol. The molecule has 1 amide bonds. The van der Waals surface area contributed by atoms with Crippen LogP contribution < -0.4 is 9.62 Å². The van der Waals surface area contributed by atoms with Gasteiger partial charge in [0, 0.05) is 19.7 Å². The fraction of sp³-hybridized carbons (Fsp3) is 0.429. The van der Waals surface area contributed by atoms with Crippen LogP contribution in [-0.4, -0.2) is 38.5 Å². The Morgan fingerprint density at radius 1 is 1.18 bits per heavy atom. The van der Waals surface area contributed by atoms with Crippen LogP contribution in [0.2, 0.25) is 0 Å². The Morgan fingerprint density at radius 2 is 1.68 bits per heavy atom. The summed E-state index contributed by atoms with van der Waals surface area (Å²) < 4.78 is 26.6. The molecule has 0 aliphatic rings. The molecule has 0 spiro atoms. The predicted octanol–water partition coefficient (Wildman–Crippen LogP) is 1.06. The molecule has 1 aromatic rings. The first-order valence-corrected chi connectivity index (χ1v) is 8.14. The molecule has 8 heteroatoms. The number of carboxylic acids is 1. The van der Waals surface area contributed by atoms with Crippen molar-refractivity contribution in [2.45, 2.75) is 31.7 Å². The van der Waals surface area contributed by atoms with E-state index in [1.165, 1.54) is 36.1 Å². The topological polar surface area (TPSA) is 104 Å². The summed E-state index contributed by atoms with van der Waals surface area (Å²) in [5, 5.41) is 9.06. The van der Waals surface area contributed by atoms with Crippen molar-refractivity contribution >= 4 is 27.6 Å². The van der Waals surface area contributed by atoms with E-state index in [0.717, 1.165) is 0 Å². The second-order valence-electron chi connectivity index (χ2n) is 5.25. The number of rotatable bonds is 6. The van der Waals surface area contributed by atoms with Gasteiger partial charge in [-0.1, -0.05) is 13.8 Å². The van der Waals surface area contributed by atoms with E-state index >= 15 is 0 Å². The van der Waals surface area contributed by atoms with Crippen molar-refractivity contribution in [1.82, 2.24) is 4.72 Å². The molecule has 1 rings (SSSR count). The smallest absolute Gasteiger partial charge is 0.322 e. The van der Waals surface area contributed by atoms with E-state index < -0.39 is 28.0 Å². The first kappa shape index (κ1) is 18.1. The molecule has 22 heavy (non-hydrogen) atoms. The van der Waals surface area contributed by atoms with Crippen LogP contribution in [0.4, 0.5) is 5.69 Å². The molecule has 0 aliphatic carbocycles. The molecule has 0 heterocycles. The molecule has 0 aliphatic heterocycles. The summed E-state index contributed by atoms with van der Waals surface area (Å²) in [6, 6.07) is 4.43. The number of sulfonamides is 1. The molecule has 1 unspecified atom stereocenters. The largest absolute Gasteiger partial charge is 0.480 e. The monoisotopic (exact) mass is 328 g/mol. The fourth-order valence-electron chi connectivity index (χ4n) is 1.74. The van der Waals surface area contributed by atoms with Crippen molar-refractivity contribution in [2.24, 2.45) is 5.92 Å². The normalized spacial score (nSPS) is 13.0. The van der Waals surface area contributed by atoms with Gasteiger partial charge in [-0.2, -0.15) is 4.72 Å². The molecule has 0 bridgehead atoms. The van der Waals surface area contributed by atoms with E-state index in [9.17, 15) is 18.0 Å². The van der Waals surface area contributed by atoms with Crippen LogP contribution in [0.3, 0.4) is 0 Å². The van der Waals surface area contributed by atoms with Crippen LogP contribution in [0.15, 0.2) is 29.2 Å². The highest BCUT2D eigenvalue weighted by atomic mass is 32.2. The zero-order chi connectivity index (χ0) is 17.1. The van der Waals surface area contributed by atoms with Crippen LogP contribution in [-0.2, 0) is 19.6 Å². The van der Waals surface area contributed by atoms with Crippen LogP contribution in [0, 0.1) is 5.92 Å². The van der Waals surface area contributed by atoms with Gasteiger partial charge in [0.25, 0.3) is 0 Å². The van der Waals surface area contributed by atoms with Crippen molar-refractivity contribution in [3.63, 3.8) is 0 Å². The Bertz CT molecular complexity index is 652. The quantitative estimate of drug-likeness (QED) is 0.812. The highest BCUT2D eigenvalue weighted by molar-refractivity contribution is 7.89. The zero-order valence-electron chi connectivity index (χ0n) is 12.9. The maximum atomic E-state index is 12.2. The van der Waals surface area contributed by atoms with E-state index in [1.54, 1.807) is 20.9 Å². The first-order valence-electron chi connectivity index (χ1n) is 6.65. The molecule has 2 N–H and O–H groups in total. The van der Waals surface area contributed by atoms with Crippen LogP contribution in [0.5, 0.6) is 0 Å².